The first-order valence-electron chi connectivity index (χ1n) is 9.03. The molecule has 0 fully saturated rings. The summed E-state index contributed by atoms with van der Waals surface area (Å²) in [4.78, 5) is 15.2. The molecule has 0 saturated heterocycles. The smallest absolute Gasteiger partial charge is 0.318 e. The van der Waals surface area contributed by atoms with E-state index in [1.54, 1.807) is 14.0 Å². The van der Waals surface area contributed by atoms with E-state index in [9.17, 15) is 4.79 Å². The summed E-state index contributed by atoms with van der Waals surface area (Å²) in [6, 6.07) is 15.7. The van der Waals surface area contributed by atoms with Crippen LogP contribution < -0.4 is 4.74 Å². The highest BCUT2D eigenvalue weighted by atomic mass is 32.2. The standard InChI is InChI=1S/C21H20N4O3S/c1-13(20(26)28-3)29-21-24-23-19(17-12-22-18-7-5-4-6-16(17)18)25(21)14-8-10-15(27-2)11-9-14/h4-13,22H,1-3H3/t13-/m1/s1. The molecule has 8 heteroatoms. The monoisotopic (exact) mass is 408 g/mol. The Bertz CT molecular complexity index is 1150. The van der Waals surface area contributed by atoms with Crippen LogP contribution in [0.3, 0.4) is 0 Å². The molecule has 0 unspecified atom stereocenters. The zero-order valence-electron chi connectivity index (χ0n) is 16.2. The maximum Gasteiger partial charge on any atom is 0.318 e. The Balaban J connectivity index is 1.86. The molecule has 0 aliphatic rings. The molecule has 2 heterocycles. The van der Waals surface area contributed by atoms with Gasteiger partial charge in [0.05, 0.1) is 14.2 Å². The summed E-state index contributed by atoms with van der Waals surface area (Å²) in [6.07, 6.45) is 1.92. The second kappa shape index (κ2) is 8.00. The number of nitrogens with one attached hydrogen (secondary N) is 1. The van der Waals surface area contributed by atoms with Gasteiger partial charge in [0.1, 0.15) is 11.0 Å². The zero-order chi connectivity index (χ0) is 20.4. The number of rotatable bonds is 6. The Labute approximate surface area is 172 Å². The van der Waals surface area contributed by atoms with Crippen molar-refractivity contribution in [3.8, 4) is 22.8 Å². The Morgan fingerprint density at radius 3 is 2.59 bits per heavy atom. The van der Waals surface area contributed by atoms with Crippen LogP contribution in [0.15, 0.2) is 59.9 Å². The van der Waals surface area contributed by atoms with Crippen LogP contribution in [0, 0.1) is 0 Å². The normalized spacial score (nSPS) is 12.1. The lowest BCUT2D eigenvalue weighted by molar-refractivity contribution is -0.139. The van der Waals surface area contributed by atoms with Crippen LogP contribution in [0.4, 0.5) is 0 Å². The van der Waals surface area contributed by atoms with E-state index in [1.807, 2.05) is 59.3 Å². The Morgan fingerprint density at radius 1 is 1.10 bits per heavy atom. The number of para-hydroxylation sites is 1. The molecule has 0 aliphatic heterocycles. The lowest BCUT2D eigenvalue weighted by Crippen LogP contribution is -2.15. The summed E-state index contributed by atoms with van der Waals surface area (Å²) < 4.78 is 12.1. The summed E-state index contributed by atoms with van der Waals surface area (Å²) in [6.45, 7) is 1.79. The molecule has 2 aromatic heterocycles. The van der Waals surface area contributed by atoms with Crippen molar-refractivity contribution in [1.29, 1.82) is 0 Å². The number of H-pyrrole nitrogens is 1. The van der Waals surface area contributed by atoms with Gasteiger partial charge in [-0.1, -0.05) is 30.0 Å². The molecular weight excluding hydrogens is 388 g/mol. The number of ether oxygens (including phenoxy) is 2. The van der Waals surface area contributed by atoms with E-state index in [1.165, 1.54) is 18.9 Å². The summed E-state index contributed by atoms with van der Waals surface area (Å²) in [7, 11) is 3.01. The molecule has 0 bridgehead atoms. The molecule has 4 aromatic rings. The topological polar surface area (TPSA) is 82.0 Å². The molecule has 0 spiro atoms. The second-order valence-electron chi connectivity index (χ2n) is 6.37. The molecule has 4 rings (SSSR count). The molecule has 148 valence electrons. The second-order valence-corrected chi connectivity index (χ2v) is 7.68. The first-order chi connectivity index (χ1) is 14.1. The first kappa shape index (κ1) is 19.1. The van der Waals surface area contributed by atoms with Crippen LogP contribution in [0.25, 0.3) is 28.0 Å². The molecule has 0 saturated carbocycles. The molecule has 1 atom stereocenters. The van der Waals surface area contributed by atoms with Crippen molar-refractivity contribution in [1.82, 2.24) is 19.7 Å². The predicted molar refractivity (Wildman–Crippen MR) is 113 cm³/mol. The van der Waals surface area contributed by atoms with Gasteiger partial charge in [-0.15, -0.1) is 10.2 Å². The number of methoxy groups -OCH3 is 2. The minimum absolute atomic E-state index is 0.312. The molecule has 0 radical (unpaired) electrons. The highest BCUT2D eigenvalue weighted by Gasteiger charge is 2.23. The van der Waals surface area contributed by atoms with E-state index < -0.39 is 5.25 Å². The van der Waals surface area contributed by atoms with Crippen molar-refractivity contribution < 1.29 is 14.3 Å². The van der Waals surface area contributed by atoms with Crippen LogP contribution in [-0.4, -0.2) is 45.2 Å². The number of benzene rings is 2. The van der Waals surface area contributed by atoms with Crippen LogP contribution >= 0.6 is 11.8 Å². The molecule has 29 heavy (non-hydrogen) atoms. The predicted octanol–water partition coefficient (Wildman–Crippen LogP) is 4.08. The molecule has 7 nitrogen and oxygen atoms in total. The molecule has 1 N–H and O–H groups in total. The van der Waals surface area contributed by atoms with E-state index in [4.69, 9.17) is 9.47 Å². The SMILES string of the molecule is COC(=O)[C@@H](C)Sc1nnc(-c2c[nH]c3ccccc23)n1-c1ccc(OC)cc1. The van der Waals surface area contributed by atoms with Crippen LogP contribution in [0.1, 0.15) is 6.92 Å². The van der Waals surface area contributed by atoms with Gasteiger partial charge in [-0.3, -0.25) is 9.36 Å². The number of fused-ring (bicyclic) bond motifs is 1. The van der Waals surface area contributed by atoms with Gasteiger partial charge in [0.25, 0.3) is 0 Å². The number of aromatic nitrogens is 4. The van der Waals surface area contributed by atoms with Crippen molar-refractivity contribution in [3.63, 3.8) is 0 Å². The fourth-order valence-corrected chi connectivity index (χ4v) is 4.01. The fourth-order valence-electron chi connectivity index (χ4n) is 3.11. The van der Waals surface area contributed by atoms with E-state index in [0.29, 0.717) is 11.0 Å². The number of hydrogen-bond donors (Lipinski definition) is 1. The molecule has 0 aliphatic carbocycles. The van der Waals surface area contributed by atoms with Gasteiger partial charge in [-0.2, -0.15) is 0 Å². The van der Waals surface area contributed by atoms with Crippen molar-refractivity contribution in [3.05, 3.63) is 54.7 Å². The van der Waals surface area contributed by atoms with Gasteiger partial charge < -0.3 is 14.5 Å². The zero-order valence-corrected chi connectivity index (χ0v) is 17.1. The highest BCUT2D eigenvalue weighted by molar-refractivity contribution is 8.00. The van der Waals surface area contributed by atoms with Crippen LogP contribution in [0.2, 0.25) is 0 Å². The molecule has 0 amide bonds. The number of carbonyl (C=O) groups excluding carboxylic acids is 1. The highest BCUT2D eigenvalue weighted by Crippen LogP contribution is 2.34. The third-order valence-corrected chi connectivity index (χ3v) is 5.63. The summed E-state index contributed by atoms with van der Waals surface area (Å²) >= 11 is 1.30. The van der Waals surface area contributed by atoms with E-state index in [2.05, 4.69) is 15.2 Å². The van der Waals surface area contributed by atoms with Gasteiger partial charge in [0.2, 0.25) is 0 Å². The fraction of sp³-hybridized carbons (Fsp3) is 0.190. The van der Waals surface area contributed by atoms with Crippen LogP contribution in [0.5, 0.6) is 5.75 Å². The number of thioether (sulfide) groups is 1. The van der Waals surface area contributed by atoms with Gasteiger partial charge in [0.15, 0.2) is 11.0 Å². The van der Waals surface area contributed by atoms with Crippen molar-refractivity contribution in [2.45, 2.75) is 17.3 Å². The maximum absolute atomic E-state index is 11.9. The maximum atomic E-state index is 11.9. The largest absolute Gasteiger partial charge is 0.497 e. The first-order valence-corrected chi connectivity index (χ1v) is 9.91. The van der Waals surface area contributed by atoms with Crippen molar-refractivity contribution >= 4 is 28.6 Å². The lowest BCUT2D eigenvalue weighted by Gasteiger charge is -2.13. The summed E-state index contributed by atoms with van der Waals surface area (Å²) in [5.74, 6) is 1.13. The Kier molecular flexibility index (Phi) is 5.26. The number of hydrogen-bond acceptors (Lipinski definition) is 6. The van der Waals surface area contributed by atoms with Gasteiger partial charge in [-0.25, -0.2) is 0 Å². The van der Waals surface area contributed by atoms with E-state index in [0.717, 1.165) is 27.9 Å². The van der Waals surface area contributed by atoms with E-state index in [-0.39, 0.29) is 5.97 Å². The number of esters is 1. The Morgan fingerprint density at radius 2 is 1.86 bits per heavy atom. The lowest BCUT2D eigenvalue weighted by atomic mass is 10.1. The minimum Gasteiger partial charge on any atom is -0.497 e. The summed E-state index contributed by atoms with van der Waals surface area (Å²) in [5.41, 5.74) is 2.82. The van der Waals surface area contributed by atoms with Crippen molar-refractivity contribution in [2.75, 3.05) is 14.2 Å². The minimum atomic E-state index is -0.419. The Hall–Kier alpha value is -3.26. The average molecular weight is 408 g/mol. The average Bonchev–Trinajstić information content (AvgIpc) is 3.37. The van der Waals surface area contributed by atoms with Gasteiger partial charge in [0, 0.05) is 28.4 Å². The quantitative estimate of drug-likeness (QED) is 0.382. The van der Waals surface area contributed by atoms with Crippen LogP contribution in [-0.2, 0) is 9.53 Å². The van der Waals surface area contributed by atoms with Gasteiger partial charge >= 0.3 is 5.97 Å². The number of carbonyl (C=O) groups is 1. The third kappa shape index (κ3) is 3.58. The molecular formula is C21H20N4O3S. The van der Waals surface area contributed by atoms with Gasteiger partial charge in [-0.05, 0) is 37.3 Å². The summed E-state index contributed by atoms with van der Waals surface area (Å²) in [5, 5.41) is 10.1. The van der Waals surface area contributed by atoms with Crippen molar-refractivity contribution in [2.24, 2.45) is 0 Å². The number of nitrogens with zero attached hydrogens (tertiary/aromatic N) is 3. The third-order valence-electron chi connectivity index (χ3n) is 4.61. The number of aromatic amines is 1. The molecule has 2 aromatic carbocycles. The van der Waals surface area contributed by atoms with E-state index >= 15 is 0 Å².